The topological polar surface area (TPSA) is 176 Å². The van der Waals surface area contributed by atoms with Gasteiger partial charge in [0.2, 0.25) is 5.79 Å². The summed E-state index contributed by atoms with van der Waals surface area (Å²) >= 11 is 0. The summed E-state index contributed by atoms with van der Waals surface area (Å²) in [6, 6.07) is 0. The van der Waals surface area contributed by atoms with Gasteiger partial charge < -0.3 is 39.4 Å². The number of fused-ring (bicyclic) bond motifs is 6. The molecule has 234 valence electrons. The van der Waals surface area contributed by atoms with Gasteiger partial charge in [0.15, 0.2) is 11.4 Å². The van der Waals surface area contributed by atoms with Gasteiger partial charge >= 0.3 is 11.9 Å². The molecule has 11 heteroatoms. The lowest BCUT2D eigenvalue weighted by Gasteiger charge is -2.64. The van der Waals surface area contributed by atoms with Gasteiger partial charge in [-0.3, -0.25) is 9.59 Å². The molecule has 0 aromatic heterocycles. The van der Waals surface area contributed by atoms with Crippen molar-refractivity contribution in [3.05, 3.63) is 0 Å². The van der Waals surface area contributed by atoms with Gasteiger partial charge in [-0.05, 0) is 51.4 Å². The second-order valence-electron chi connectivity index (χ2n) is 15.1. The van der Waals surface area contributed by atoms with E-state index in [4.69, 9.17) is 18.9 Å². The maximum Gasteiger partial charge on any atom is 0.341 e. The minimum Gasteiger partial charge on any atom is -0.459 e. The van der Waals surface area contributed by atoms with E-state index in [9.17, 15) is 34.8 Å². The number of aliphatic hydroxyl groups excluding tert-OH is 3. The molecule has 4 saturated carbocycles. The number of hydrogen-bond acceptors (Lipinski definition) is 11. The van der Waals surface area contributed by atoms with Crippen molar-refractivity contribution in [2.24, 2.45) is 51.8 Å². The molecule has 0 amide bonds. The Morgan fingerprint density at radius 2 is 1.69 bits per heavy atom. The van der Waals surface area contributed by atoms with E-state index >= 15 is 0 Å². The summed E-state index contributed by atoms with van der Waals surface area (Å²) in [5, 5.41) is 47.4. The lowest BCUT2D eigenvalue weighted by molar-refractivity contribution is -0.260. The Balaban J connectivity index is 1.41. The summed E-state index contributed by atoms with van der Waals surface area (Å²) in [5.74, 6) is -6.58. The van der Waals surface area contributed by atoms with Crippen molar-refractivity contribution < 1.29 is 53.8 Å². The van der Waals surface area contributed by atoms with E-state index in [0.29, 0.717) is 19.3 Å². The number of esters is 2. The normalized spacial score (nSPS) is 62.5. The minimum absolute atomic E-state index is 0.264. The molecule has 18 atom stereocenters. The highest BCUT2D eigenvalue weighted by atomic mass is 16.8. The highest BCUT2D eigenvalue weighted by molar-refractivity contribution is 5.88. The number of hydrogen-bond donors (Lipinski definition) is 4. The summed E-state index contributed by atoms with van der Waals surface area (Å²) in [6.07, 6.45) is -4.73. The minimum atomic E-state index is -1.91. The quantitative estimate of drug-likeness (QED) is 0.268. The Morgan fingerprint density at radius 1 is 1.05 bits per heavy atom. The van der Waals surface area contributed by atoms with Gasteiger partial charge in [0.05, 0.1) is 23.7 Å². The Kier molecular flexibility index (Phi) is 5.78. The number of carbonyl (C=O) groups is 3. The van der Waals surface area contributed by atoms with Crippen molar-refractivity contribution in [1.82, 2.24) is 0 Å². The van der Waals surface area contributed by atoms with Gasteiger partial charge in [-0.2, -0.15) is 0 Å². The van der Waals surface area contributed by atoms with Gasteiger partial charge in [0, 0.05) is 35.5 Å². The van der Waals surface area contributed by atoms with Crippen LogP contribution in [0.25, 0.3) is 0 Å². The first-order valence-electron chi connectivity index (χ1n) is 15.5. The standard InChI is InChI=1S/C31H44O11/c1-8-13-14(29(6)30(7,38)26(37)42-31(29)11(2)41-31)9-15-18-19(22(35)25(27(13,15)4)39-12(3)32)28(5)16(20(33)21(18)34)10-17-23(40-17)24(28)36/h11,13-19,21-25,34-36,38H,8-10H2,1-7H3/t11?,13-,14+,15-,16+,17-,18-,19+,21+,22?,23-,24?,25?,27+,28-,29-,30+,31?/m0/s1. The molecule has 0 aromatic rings. The monoisotopic (exact) mass is 592 g/mol. The predicted molar refractivity (Wildman–Crippen MR) is 142 cm³/mol. The molecule has 7 rings (SSSR count). The number of rotatable bonds is 3. The lowest BCUT2D eigenvalue weighted by atomic mass is 9.41. The summed E-state index contributed by atoms with van der Waals surface area (Å²) < 4.78 is 23.5. The zero-order valence-corrected chi connectivity index (χ0v) is 25.3. The highest BCUT2D eigenvalue weighted by Crippen LogP contribution is 2.75. The Bertz CT molecular complexity index is 1250. The first-order valence-corrected chi connectivity index (χ1v) is 15.5. The van der Waals surface area contributed by atoms with Crippen LogP contribution in [-0.2, 0) is 33.3 Å². The van der Waals surface area contributed by atoms with Crippen LogP contribution in [0.1, 0.15) is 67.7 Å². The third-order valence-corrected chi connectivity index (χ3v) is 13.9. The number of aliphatic hydroxyl groups is 4. The van der Waals surface area contributed by atoms with Crippen LogP contribution < -0.4 is 0 Å². The third-order valence-electron chi connectivity index (χ3n) is 13.9. The van der Waals surface area contributed by atoms with E-state index in [-0.39, 0.29) is 17.8 Å². The largest absolute Gasteiger partial charge is 0.459 e. The Morgan fingerprint density at radius 3 is 2.26 bits per heavy atom. The van der Waals surface area contributed by atoms with E-state index in [1.165, 1.54) is 13.8 Å². The molecular weight excluding hydrogens is 548 g/mol. The second-order valence-corrected chi connectivity index (χ2v) is 15.1. The fraction of sp³-hybridized carbons (Fsp3) is 0.903. The summed E-state index contributed by atoms with van der Waals surface area (Å²) in [4.78, 5) is 39.7. The molecule has 4 N–H and O–H groups in total. The SMILES string of the molecule is CC[C@H]1[C@H]([C@]2(C)C3(OC(=O)[C@@]2(C)O)OC3C)C[C@H]2[C@@H]3[C@@H](O)C(=O)[C@H]4C[C@@H]5O[C@@H]5C(O)[C@]4(C)[C@H]3C(O)C(OC(C)=O)[C@@]21C. The van der Waals surface area contributed by atoms with Crippen LogP contribution >= 0.6 is 0 Å². The fourth-order valence-electron chi connectivity index (χ4n) is 11.7. The molecule has 3 saturated heterocycles. The van der Waals surface area contributed by atoms with Gasteiger partial charge in [0.1, 0.15) is 24.4 Å². The molecule has 4 aliphatic carbocycles. The number of epoxide rings is 2. The zero-order chi connectivity index (χ0) is 30.7. The van der Waals surface area contributed by atoms with Gasteiger partial charge in [-0.1, -0.05) is 27.2 Å². The van der Waals surface area contributed by atoms with E-state index < -0.39 is 106 Å². The first kappa shape index (κ1) is 29.1. The van der Waals surface area contributed by atoms with E-state index in [2.05, 4.69) is 0 Å². The average molecular weight is 593 g/mol. The zero-order valence-electron chi connectivity index (χ0n) is 25.3. The van der Waals surface area contributed by atoms with E-state index in [1.807, 2.05) is 13.8 Å². The maximum atomic E-state index is 13.9. The third kappa shape index (κ3) is 2.97. The van der Waals surface area contributed by atoms with Crippen LogP contribution in [0.5, 0.6) is 0 Å². The predicted octanol–water partition coefficient (Wildman–Crippen LogP) is 0.721. The van der Waals surface area contributed by atoms with Crippen LogP contribution in [0.15, 0.2) is 0 Å². The fourth-order valence-corrected chi connectivity index (χ4v) is 11.7. The van der Waals surface area contributed by atoms with Crippen LogP contribution in [0.4, 0.5) is 0 Å². The number of ketones is 1. The van der Waals surface area contributed by atoms with Crippen molar-refractivity contribution in [2.45, 2.75) is 122 Å². The van der Waals surface area contributed by atoms with Crippen molar-refractivity contribution in [3.8, 4) is 0 Å². The molecule has 7 fully saturated rings. The van der Waals surface area contributed by atoms with Crippen molar-refractivity contribution in [2.75, 3.05) is 0 Å². The second kappa shape index (κ2) is 8.34. The summed E-state index contributed by atoms with van der Waals surface area (Å²) in [5.41, 5.74) is -5.23. The molecule has 0 radical (unpaired) electrons. The average Bonchev–Trinajstić information content (AvgIpc) is 3.79. The number of carbonyl (C=O) groups excluding carboxylic acids is 3. The van der Waals surface area contributed by atoms with Crippen LogP contribution in [0.3, 0.4) is 0 Å². The number of Topliss-reactive ketones (excluding diaryl/α,β-unsaturated/α-hetero) is 1. The molecular formula is C31H44O11. The lowest BCUT2D eigenvalue weighted by Crippen LogP contribution is -2.73. The van der Waals surface area contributed by atoms with Gasteiger partial charge in [-0.15, -0.1) is 0 Å². The molecule has 7 aliphatic rings. The van der Waals surface area contributed by atoms with Gasteiger partial charge in [0.25, 0.3) is 0 Å². The van der Waals surface area contributed by atoms with E-state index in [1.54, 1.807) is 20.8 Å². The maximum absolute atomic E-state index is 13.9. The molecule has 1 spiro atoms. The molecule has 0 aromatic carbocycles. The van der Waals surface area contributed by atoms with Crippen LogP contribution in [0, 0.1) is 51.8 Å². The molecule has 3 aliphatic heterocycles. The molecule has 5 unspecified atom stereocenters. The molecule has 0 bridgehead atoms. The van der Waals surface area contributed by atoms with E-state index in [0.717, 1.165) is 0 Å². The highest BCUT2D eigenvalue weighted by Gasteiger charge is 2.86. The van der Waals surface area contributed by atoms with Crippen molar-refractivity contribution in [3.63, 3.8) is 0 Å². The molecule has 11 nitrogen and oxygen atoms in total. The first-order chi connectivity index (χ1) is 19.5. The smallest absolute Gasteiger partial charge is 0.341 e. The van der Waals surface area contributed by atoms with Gasteiger partial charge in [-0.25, -0.2) is 4.79 Å². The van der Waals surface area contributed by atoms with Crippen molar-refractivity contribution in [1.29, 1.82) is 0 Å². The summed E-state index contributed by atoms with van der Waals surface area (Å²) in [7, 11) is 0. The van der Waals surface area contributed by atoms with Crippen molar-refractivity contribution >= 4 is 17.7 Å². The Labute approximate surface area is 245 Å². The summed E-state index contributed by atoms with van der Waals surface area (Å²) in [6.45, 7) is 12.0. The van der Waals surface area contributed by atoms with Crippen LogP contribution in [0.2, 0.25) is 0 Å². The number of ether oxygens (including phenoxy) is 4. The van der Waals surface area contributed by atoms with Crippen LogP contribution in [-0.4, -0.2) is 92.3 Å². The molecule has 42 heavy (non-hydrogen) atoms. The Hall–Kier alpha value is -1.63. The molecule has 3 heterocycles.